The lowest BCUT2D eigenvalue weighted by atomic mass is 10.2. The van der Waals surface area contributed by atoms with Gasteiger partial charge in [0, 0.05) is 0 Å². The van der Waals surface area contributed by atoms with E-state index in [0.717, 1.165) is 0 Å². The lowest BCUT2D eigenvalue weighted by molar-refractivity contribution is 0.681. The summed E-state index contributed by atoms with van der Waals surface area (Å²) in [5.41, 5.74) is 2.38. The molecule has 46 valence electrons. The fourth-order valence-corrected chi connectivity index (χ4v) is 4.04. The van der Waals surface area contributed by atoms with Gasteiger partial charge >= 0.3 is 0 Å². The van der Waals surface area contributed by atoms with E-state index >= 15 is 0 Å². The van der Waals surface area contributed by atoms with E-state index in [-0.39, 0.29) is 0 Å². The third-order valence-electron chi connectivity index (χ3n) is 2.44. The minimum absolute atomic E-state index is 1.19. The second-order valence-corrected chi connectivity index (χ2v) is 5.04. The van der Waals surface area contributed by atoms with Gasteiger partial charge in [-0.1, -0.05) is 6.42 Å². The molecule has 0 aliphatic carbocycles. The maximum absolute atomic E-state index is 1.57. The highest BCUT2D eigenvalue weighted by Crippen LogP contribution is 2.48. The molecule has 0 saturated carbocycles. The Kier molecular flexibility index (Phi) is 1.30. The van der Waals surface area contributed by atoms with Gasteiger partial charge in [-0.05, 0) is 37.0 Å². The van der Waals surface area contributed by atoms with Crippen molar-refractivity contribution < 1.29 is 0 Å². The molecule has 0 aromatic heterocycles. The Morgan fingerprint density at radius 3 is 2.00 bits per heavy atom. The van der Waals surface area contributed by atoms with Crippen molar-refractivity contribution in [3.63, 3.8) is 0 Å². The predicted molar refractivity (Wildman–Crippen MR) is 39.0 cm³/mol. The van der Waals surface area contributed by atoms with Crippen molar-refractivity contribution in [1.82, 2.24) is 0 Å². The molecule has 0 aromatic rings. The Hall–Kier alpha value is 0.430. The van der Waals surface area contributed by atoms with Crippen LogP contribution in [0.4, 0.5) is 0 Å². The lowest BCUT2D eigenvalue weighted by Gasteiger charge is -2.17. The molecule has 2 atom stereocenters. The molecule has 1 heteroatoms. The van der Waals surface area contributed by atoms with Gasteiger partial charge in [0.15, 0.2) is 0 Å². The molecule has 2 heterocycles. The Labute approximate surface area is 52.8 Å². The topological polar surface area (TPSA) is 0 Å². The van der Waals surface area contributed by atoms with Crippen LogP contribution in [0.1, 0.15) is 32.1 Å². The smallest absolute Gasteiger partial charge is 0.0234 e. The zero-order chi connectivity index (χ0) is 5.40. The predicted octanol–water partition coefficient (Wildman–Crippen LogP) is 2.38. The Bertz CT molecular complexity index is 76.4. The van der Waals surface area contributed by atoms with Crippen molar-refractivity contribution in [2.45, 2.75) is 43.4 Å². The van der Waals surface area contributed by atoms with E-state index in [9.17, 15) is 0 Å². The van der Waals surface area contributed by atoms with Crippen molar-refractivity contribution in [3.05, 3.63) is 0 Å². The van der Waals surface area contributed by atoms with E-state index in [1.54, 1.807) is 32.1 Å². The van der Waals surface area contributed by atoms with E-state index in [2.05, 4.69) is 0 Å². The zero-order valence-corrected chi connectivity index (χ0v) is 6.19. The molecule has 0 aromatic carbocycles. The molecular formula is C7H13P. The second-order valence-electron chi connectivity index (χ2n) is 3.07. The van der Waals surface area contributed by atoms with Gasteiger partial charge in [-0.3, -0.25) is 0 Å². The van der Waals surface area contributed by atoms with Crippen LogP contribution >= 0.6 is 8.58 Å². The van der Waals surface area contributed by atoms with Gasteiger partial charge in [0.05, 0.1) is 0 Å². The molecule has 2 bridgehead atoms. The van der Waals surface area contributed by atoms with Crippen LogP contribution in [0.2, 0.25) is 0 Å². The number of hydrogen-bond donors (Lipinski definition) is 0. The van der Waals surface area contributed by atoms with Gasteiger partial charge in [-0.15, -0.1) is 8.58 Å². The van der Waals surface area contributed by atoms with E-state index in [1.165, 1.54) is 19.9 Å². The summed E-state index contributed by atoms with van der Waals surface area (Å²) < 4.78 is 0. The van der Waals surface area contributed by atoms with Crippen LogP contribution in [-0.4, -0.2) is 11.3 Å². The van der Waals surface area contributed by atoms with Crippen LogP contribution in [0.5, 0.6) is 0 Å². The summed E-state index contributed by atoms with van der Waals surface area (Å²) in [6, 6.07) is 0. The van der Waals surface area contributed by atoms with Crippen LogP contribution in [0.25, 0.3) is 0 Å². The summed E-state index contributed by atoms with van der Waals surface area (Å²) >= 11 is 0. The Morgan fingerprint density at radius 1 is 0.875 bits per heavy atom. The van der Waals surface area contributed by atoms with Crippen LogP contribution in [-0.2, 0) is 0 Å². The largest absolute Gasteiger partial charge is 0.116 e. The summed E-state index contributed by atoms with van der Waals surface area (Å²) in [5.74, 6) is 0. The Balaban J connectivity index is 2.03. The first-order valence-corrected chi connectivity index (χ1v) is 4.87. The molecular weight excluding hydrogens is 115 g/mol. The normalized spacial score (nSPS) is 48.0. The molecule has 2 rings (SSSR count). The molecule has 0 N–H and O–H groups in total. The molecule has 2 saturated heterocycles. The fourth-order valence-electron chi connectivity index (χ4n) is 1.97. The lowest BCUT2D eigenvalue weighted by Crippen LogP contribution is -2.02. The highest BCUT2D eigenvalue weighted by atomic mass is 31.1. The van der Waals surface area contributed by atoms with Crippen molar-refractivity contribution >= 4 is 8.58 Å². The molecule has 8 heavy (non-hydrogen) atoms. The maximum Gasteiger partial charge on any atom is -0.0234 e. The maximum atomic E-state index is 1.57. The molecule has 2 fully saturated rings. The standard InChI is InChI=1S/C7H13P/c1-2-6-4-5-7(3-1)8-6/h6-8H,1-5H2. The van der Waals surface area contributed by atoms with E-state index in [1.807, 2.05) is 0 Å². The summed E-state index contributed by atoms with van der Waals surface area (Å²) in [7, 11) is 1.36. The van der Waals surface area contributed by atoms with E-state index < -0.39 is 0 Å². The molecule has 2 aliphatic heterocycles. The molecule has 0 radical (unpaired) electrons. The molecule has 0 nitrogen and oxygen atoms in total. The van der Waals surface area contributed by atoms with Gasteiger partial charge in [-0.25, -0.2) is 0 Å². The molecule has 2 aliphatic rings. The molecule has 2 unspecified atom stereocenters. The van der Waals surface area contributed by atoms with Gasteiger partial charge in [-0.2, -0.15) is 0 Å². The molecule has 0 spiro atoms. The van der Waals surface area contributed by atoms with E-state index in [0.29, 0.717) is 0 Å². The van der Waals surface area contributed by atoms with Crippen molar-refractivity contribution in [2.75, 3.05) is 0 Å². The number of hydrogen-bond acceptors (Lipinski definition) is 0. The average Bonchev–Trinajstić information content (AvgIpc) is 2.12. The first-order valence-electron chi connectivity index (χ1n) is 3.71. The van der Waals surface area contributed by atoms with Gasteiger partial charge < -0.3 is 0 Å². The van der Waals surface area contributed by atoms with Crippen LogP contribution in [0.3, 0.4) is 0 Å². The van der Waals surface area contributed by atoms with Gasteiger partial charge in [0.25, 0.3) is 0 Å². The monoisotopic (exact) mass is 128 g/mol. The SMILES string of the molecule is C1CC2CCC(C1)P2. The third-order valence-corrected chi connectivity index (χ3v) is 4.54. The quantitative estimate of drug-likeness (QED) is 0.439. The summed E-state index contributed by atoms with van der Waals surface area (Å²) in [6.45, 7) is 0. The minimum atomic E-state index is 1.19. The van der Waals surface area contributed by atoms with Gasteiger partial charge in [0.1, 0.15) is 0 Å². The zero-order valence-electron chi connectivity index (χ0n) is 5.19. The van der Waals surface area contributed by atoms with Crippen molar-refractivity contribution in [3.8, 4) is 0 Å². The summed E-state index contributed by atoms with van der Waals surface area (Å²) in [4.78, 5) is 0. The van der Waals surface area contributed by atoms with Crippen LogP contribution < -0.4 is 0 Å². The van der Waals surface area contributed by atoms with Crippen LogP contribution in [0.15, 0.2) is 0 Å². The highest BCUT2D eigenvalue weighted by molar-refractivity contribution is 7.40. The van der Waals surface area contributed by atoms with E-state index in [4.69, 9.17) is 0 Å². The molecule has 0 amide bonds. The number of fused-ring (bicyclic) bond motifs is 2. The first kappa shape index (κ1) is 5.23. The second kappa shape index (κ2) is 1.99. The third kappa shape index (κ3) is 0.796. The van der Waals surface area contributed by atoms with Crippen molar-refractivity contribution in [1.29, 1.82) is 0 Å². The highest BCUT2D eigenvalue weighted by Gasteiger charge is 2.27. The van der Waals surface area contributed by atoms with Crippen molar-refractivity contribution in [2.24, 2.45) is 0 Å². The number of rotatable bonds is 0. The van der Waals surface area contributed by atoms with Gasteiger partial charge in [0.2, 0.25) is 0 Å². The van der Waals surface area contributed by atoms with Crippen LogP contribution in [0, 0.1) is 0 Å². The summed E-state index contributed by atoms with van der Waals surface area (Å²) in [6.07, 6.45) is 7.82. The summed E-state index contributed by atoms with van der Waals surface area (Å²) in [5, 5.41) is 0. The Morgan fingerprint density at radius 2 is 1.50 bits per heavy atom. The minimum Gasteiger partial charge on any atom is -0.116 e. The first-order chi connectivity index (χ1) is 3.95. The average molecular weight is 128 g/mol. The fraction of sp³-hybridized carbons (Fsp3) is 1.00.